The van der Waals surface area contributed by atoms with Crippen LogP contribution in [0, 0.1) is 0 Å². The number of rotatable bonds is 43. The maximum absolute atomic E-state index is 12.8. The van der Waals surface area contributed by atoms with Crippen molar-refractivity contribution in [1.29, 1.82) is 0 Å². The number of carbonyl (C=O) groups is 3. The lowest BCUT2D eigenvalue weighted by molar-refractivity contribution is -0.167. The van der Waals surface area contributed by atoms with Crippen LogP contribution in [0.4, 0.5) is 0 Å². The van der Waals surface area contributed by atoms with Crippen LogP contribution in [0.15, 0.2) is 134 Å². The van der Waals surface area contributed by atoms with E-state index in [1.165, 1.54) is 38.5 Å². The van der Waals surface area contributed by atoms with E-state index in [0.29, 0.717) is 12.8 Å². The summed E-state index contributed by atoms with van der Waals surface area (Å²) < 4.78 is 16.7. The average molecular weight is 883 g/mol. The minimum atomic E-state index is -0.828. The van der Waals surface area contributed by atoms with E-state index in [0.717, 1.165) is 109 Å². The highest BCUT2D eigenvalue weighted by Gasteiger charge is 2.19. The van der Waals surface area contributed by atoms with E-state index in [2.05, 4.69) is 118 Å². The molecule has 6 heteroatoms. The van der Waals surface area contributed by atoms with Gasteiger partial charge in [0.05, 0.1) is 0 Å². The number of carbonyl (C=O) groups excluding carboxylic acids is 3. The molecule has 0 fully saturated rings. The highest BCUT2D eigenvalue weighted by molar-refractivity contribution is 5.71. The second kappa shape index (κ2) is 51.2. The maximum atomic E-state index is 12.8. The highest BCUT2D eigenvalue weighted by atomic mass is 16.6. The predicted molar refractivity (Wildman–Crippen MR) is 274 cm³/mol. The molecule has 1 unspecified atom stereocenters. The van der Waals surface area contributed by atoms with Crippen LogP contribution in [0.3, 0.4) is 0 Å². The summed E-state index contributed by atoms with van der Waals surface area (Å²) >= 11 is 0. The lowest BCUT2D eigenvalue weighted by Gasteiger charge is -2.18. The molecule has 0 saturated carbocycles. The lowest BCUT2D eigenvalue weighted by atomic mass is 10.1. The van der Waals surface area contributed by atoms with E-state index < -0.39 is 6.10 Å². The average Bonchev–Trinajstić information content (AvgIpc) is 3.29. The van der Waals surface area contributed by atoms with Crippen LogP contribution >= 0.6 is 0 Å². The second-order valence-electron chi connectivity index (χ2n) is 16.0. The van der Waals surface area contributed by atoms with Crippen LogP contribution in [0.1, 0.15) is 194 Å². The minimum Gasteiger partial charge on any atom is -0.462 e. The minimum absolute atomic E-state index is 0.126. The van der Waals surface area contributed by atoms with Crippen LogP contribution in [-0.2, 0) is 28.6 Å². The zero-order valence-electron chi connectivity index (χ0n) is 40.7. The van der Waals surface area contributed by atoms with Gasteiger partial charge in [0, 0.05) is 19.3 Å². The molecule has 358 valence electrons. The first-order valence-electron chi connectivity index (χ1n) is 25.2. The third-order valence-electron chi connectivity index (χ3n) is 9.96. The highest BCUT2D eigenvalue weighted by Crippen LogP contribution is 2.12. The van der Waals surface area contributed by atoms with Crippen LogP contribution in [-0.4, -0.2) is 37.2 Å². The molecular weight excluding hydrogens is 793 g/mol. The van der Waals surface area contributed by atoms with Gasteiger partial charge in [-0.05, 0) is 109 Å². The van der Waals surface area contributed by atoms with Crippen molar-refractivity contribution in [2.75, 3.05) is 13.2 Å². The topological polar surface area (TPSA) is 78.9 Å². The van der Waals surface area contributed by atoms with Crippen molar-refractivity contribution >= 4 is 17.9 Å². The number of hydrogen-bond acceptors (Lipinski definition) is 6. The molecule has 0 rings (SSSR count). The van der Waals surface area contributed by atoms with Gasteiger partial charge in [0.15, 0.2) is 6.10 Å². The zero-order valence-corrected chi connectivity index (χ0v) is 40.7. The maximum Gasteiger partial charge on any atom is 0.306 e. The molecule has 0 aliphatic heterocycles. The molecule has 64 heavy (non-hydrogen) atoms. The number of hydrogen-bond donors (Lipinski definition) is 0. The Kier molecular flexibility index (Phi) is 47.6. The van der Waals surface area contributed by atoms with Gasteiger partial charge in [0.25, 0.3) is 0 Å². The van der Waals surface area contributed by atoms with E-state index in [-0.39, 0.29) is 44.0 Å². The number of esters is 3. The van der Waals surface area contributed by atoms with Crippen molar-refractivity contribution in [3.8, 4) is 0 Å². The quantitative estimate of drug-likeness (QED) is 0.0200. The van der Waals surface area contributed by atoms with Crippen LogP contribution < -0.4 is 0 Å². The van der Waals surface area contributed by atoms with E-state index >= 15 is 0 Å². The smallest absolute Gasteiger partial charge is 0.306 e. The van der Waals surface area contributed by atoms with E-state index in [1.54, 1.807) is 0 Å². The molecule has 0 bridgehead atoms. The van der Waals surface area contributed by atoms with Crippen molar-refractivity contribution in [3.05, 3.63) is 134 Å². The fourth-order valence-electron chi connectivity index (χ4n) is 6.22. The molecule has 0 aromatic heterocycles. The Morgan fingerprint density at radius 3 is 1.22 bits per heavy atom. The van der Waals surface area contributed by atoms with Gasteiger partial charge in [-0.1, -0.05) is 199 Å². The first kappa shape index (κ1) is 59.5. The van der Waals surface area contributed by atoms with Gasteiger partial charge in [-0.25, -0.2) is 0 Å². The van der Waals surface area contributed by atoms with Crippen molar-refractivity contribution < 1.29 is 28.6 Å². The fraction of sp³-hybridized carbons (Fsp3) is 0.569. The number of unbranched alkanes of at least 4 members (excludes halogenated alkanes) is 13. The van der Waals surface area contributed by atoms with E-state index in [4.69, 9.17) is 14.2 Å². The molecule has 0 aliphatic carbocycles. The fourth-order valence-corrected chi connectivity index (χ4v) is 6.22. The van der Waals surface area contributed by atoms with Gasteiger partial charge < -0.3 is 14.2 Å². The van der Waals surface area contributed by atoms with Crippen molar-refractivity contribution in [2.24, 2.45) is 0 Å². The third-order valence-corrected chi connectivity index (χ3v) is 9.96. The molecule has 6 nitrogen and oxygen atoms in total. The molecule has 0 heterocycles. The summed E-state index contributed by atoms with van der Waals surface area (Å²) in [6, 6.07) is 0. The second-order valence-corrected chi connectivity index (χ2v) is 16.0. The first-order chi connectivity index (χ1) is 31.5. The molecular formula is C58H90O6. The standard InChI is InChI=1S/C58H90O6/c1-4-7-10-13-16-19-22-25-27-29-31-33-36-39-42-45-48-51-57(60)63-54-55(53-62-56(59)50-47-44-41-38-35-32-24-21-18-15-12-9-6-3)64-58(61)52-49-46-43-40-37-34-30-28-26-23-20-17-14-11-8-5-2/h8-9,11-12,15-21,24-28,31-33,35,39,42,55H,4-7,10,13-14,22-23,29-30,34,36-38,40-41,43-54H2,1-3H3/b11-8-,12-9-,18-15-,19-16-,20-17-,24-21-,27-25-,28-26-,33-31-,35-32-,42-39-. The molecule has 0 aromatic rings. The van der Waals surface area contributed by atoms with Crippen molar-refractivity contribution in [3.63, 3.8) is 0 Å². The summed E-state index contributed by atoms with van der Waals surface area (Å²) in [5, 5.41) is 0. The summed E-state index contributed by atoms with van der Waals surface area (Å²) in [6.07, 6.45) is 71.5. The first-order valence-corrected chi connectivity index (χ1v) is 25.2. The molecule has 0 saturated heterocycles. The summed E-state index contributed by atoms with van der Waals surface area (Å²) in [6.45, 7) is 6.24. The van der Waals surface area contributed by atoms with E-state index in [9.17, 15) is 14.4 Å². The SMILES string of the molecule is CC\C=C/C=C\C=C/C=C\CCCCCC(=O)OCC(COC(=O)CCC/C=C\C/C=C\C/C=C\C/C=C\CCCCC)OC(=O)CCCCCCCC/C=C\C/C=C\C/C=C\CC. The zero-order chi connectivity index (χ0) is 46.5. The van der Waals surface area contributed by atoms with E-state index in [1.807, 2.05) is 36.5 Å². The number of allylic oxidation sites excluding steroid dienone is 22. The molecule has 1 atom stereocenters. The van der Waals surface area contributed by atoms with Gasteiger partial charge in [0.1, 0.15) is 13.2 Å². The predicted octanol–water partition coefficient (Wildman–Crippen LogP) is 16.7. The normalized spacial score (nSPS) is 13.2. The summed E-state index contributed by atoms with van der Waals surface area (Å²) in [5.41, 5.74) is 0. The monoisotopic (exact) mass is 883 g/mol. The number of ether oxygens (including phenoxy) is 3. The Bertz CT molecular complexity index is 1430. The van der Waals surface area contributed by atoms with Gasteiger partial charge in [-0.3, -0.25) is 14.4 Å². The molecule has 0 aliphatic rings. The Hall–Kier alpha value is -4.45. The van der Waals surface area contributed by atoms with Crippen LogP contribution in [0.2, 0.25) is 0 Å². The van der Waals surface area contributed by atoms with Crippen molar-refractivity contribution in [1.82, 2.24) is 0 Å². The molecule has 0 N–H and O–H groups in total. The Morgan fingerprint density at radius 1 is 0.344 bits per heavy atom. The van der Waals surface area contributed by atoms with Crippen molar-refractivity contribution in [2.45, 2.75) is 200 Å². The largest absolute Gasteiger partial charge is 0.462 e. The molecule has 0 amide bonds. The summed E-state index contributed by atoms with van der Waals surface area (Å²) in [5.74, 6) is -1.04. The van der Waals surface area contributed by atoms with Gasteiger partial charge in [-0.2, -0.15) is 0 Å². The molecule has 0 radical (unpaired) electrons. The van der Waals surface area contributed by atoms with Gasteiger partial charge >= 0.3 is 17.9 Å². The third kappa shape index (κ3) is 48.6. The molecule has 0 spiro atoms. The summed E-state index contributed by atoms with van der Waals surface area (Å²) in [4.78, 5) is 37.9. The Labute approximate surface area is 392 Å². The Balaban J connectivity index is 4.58. The van der Waals surface area contributed by atoms with Gasteiger partial charge in [-0.15, -0.1) is 0 Å². The van der Waals surface area contributed by atoms with Crippen LogP contribution in [0.5, 0.6) is 0 Å². The Morgan fingerprint density at radius 2 is 0.703 bits per heavy atom. The van der Waals surface area contributed by atoms with Crippen LogP contribution in [0.25, 0.3) is 0 Å². The lowest BCUT2D eigenvalue weighted by Crippen LogP contribution is -2.30. The van der Waals surface area contributed by atoms with Gasteiger partial charge in [0.2, 0.25) is 0 Å². The summed E-state index contributed by atoms with van der Waals surface area (Å²) in [7, 11) is 0. The molecule has 0 aromatic carbocycles.